The first-order valence-corrected chi connectivity index (χ1v) is 6.04. The van der Waals surface area contributed by atoms with E-state index in [-0.39, 0.29) is 6.61 Å². The maximum Gasteiger partial charge on any atom is 0.164 e. The summed E-state index contributed by atoms with van der Waals surface area (Å²) in [5.74, 6) is 1.37. The van der Waals surface area contributed by atoms with Crippen LogP contribution in [0.15, 0.2) is 6.07 Å². The van der Waals surface area contributed by atoms with Crippen LogP contribution in [-0.2, 0) is 6.42 Å². The lowest BCUT2D eigenvalue weighted by Crippen LogP contribution is -2.21. The van der Waals surface area contributed by atoms with Crippen LogP contribution in [-0.4, -0.2) is 24.9 Å². The number of aliphatic hydroxyl groups is 1. The quantitative estimate of drug-likeness (QED) is 0.865. The molecule has 1 aliphatic heterocycles. The molecule has 94 valence electrons. The SMILES string of the molecule is CCc1c2c(cc(Cl)c1C(N)CO)OCCO2. The van der Waals surface area contributed by atoms with Gasteiger partial charge in [-0.05, 0) is 12.0 Å². The van der Waals surface area contributed by atoms with Crippen LogP contribution in [0.4, 0.5) is 0 Å². The van der Waals surface area contributed by atoms with Gasteiger partial charge in [0.2, 0.25) is 0 Å². The molecule has 1 heterocycles. The molecule has 0 saturated heterocycles. The largest absolute Gasteiger partial charge is 0.486 e. The maximum absolute atomic E-state index is 9.18. The first-order valence-electron chi connectivity index (χ1n) is 5.66. The molecule has 1 aromatic carbocycles. The van der Waals surface area contributed by atoms with E-state index >= 15 is 0 Å². The van der Waals surface area contributed by atoms with Crippen molar-refractivity contribution in [2.45, 2.75) is 19.4 Å². The number of rotatable bonds is 3. The molecule has 1 unspecified atom stereocenters. The van der Waals surface area contributed by atoms with E-state index in [2.05, 4.69) is 0 Å². The highest BCUT2D eigenvalue weighted by Crippen LogP contribution is 2.42. The van der Waals surface area contributed by atoms with Gasteiger partial charge in [0.1, 0.15) is 13.2 Å². The molecule has 0 fully saturated rings. The number of halogens is 1. The van der Waals surface area contributed by atoms with Gasteiger partial charge in [-0.3, -0.25) is 0 Å². The Hall–Kier alpha value is -0.970. The predicted molar refractivity (Wildman–Crippen MR) is 65.8 cm³/mol. The lowest BCUT2D eigenvalue weighted by atomic mass is 9.97. The smallest absolute Gasteiger partial charge is 0.164 e. The van der Waals surface area contributed by atoms with E-state index in [0.29, 0.717) is 29.7 Å². The van der Waals surface area contributed by atoms with Gasteiger partial charge < -0.3 is 20.3 Å². The summed E-state index contributed by atoms with van der Waals surface area (Å²) in [4.78, 5) is 0. The van der Waals surface area contributed by atoms with Crippen LogP contribution in [0.2, 0.25) is 5.02 Å². The highest BCUT2D eigenvalue weighted by molar-refractivity contribution is 6.31. The molecule has 2 rings (SSSR count). The molecule has 0 aliphatic carbocycles. The van der Waals surface area contributed by atoms with Crippen molar-refractivity contribution in [3.63, 3.8) is 0 Å². The molecule has 3 N–H and O–H groups in total. The number of fused-ring (bicyclic) bond motifs is 1. The Morgan fingerprint density at radius 3 is 2.82 bits per heavy atom. The highest BCUT2D eigenvalue weighted by Gasteiger charge is 2.24. The summed E-state index contributed by atoms with van der Waals surface area (Å²) in [6, 6.07) is 1.22. The van der Waals surface area contributed by atoms with Gasteiger partial charge in [-0.25, -0.2) is 0 Å². The zero-order valence-electron chi connectivity index (χ0n) is 9.70. The molecule has 1 aromatic rings. The van der Waals surface area contributed by atoms with E-state index in [1.54, 1.807) is 6.07 Å². The zero-order valence-corrected chi connectivity index (χ0v) is 10.5. The van der Waals surface area contributed by atoms with Crippen molar-refractivity contribution in [3.8, 4) is 11.5 Å². The number of benzene rings is 1. The van der Waals surface area contributed by atoms with Crippen LogP contribution >= 0.6 is 11.6 Å². The second kappa shape index (κ2) is 5.12. The highest BCUT2D eigenvalue weighted by atomic mass is 35.5. The van der Waals surface area contributed by atoms with Crippen LogP contribution in [0.1, 0.15) is 24.1 Å². The monoisotopic (exact) mass is 257 g/mol. The molecular formula is C12H16ClNO3. The van der Waals surface area contributed by atoms with Gasteiger partial charge in [0.15, 0.2) is 11.5 Å². The van der Waals surface area contributed by atoms with Gasteiger partial charge >= 0.3 is 0 Å². The predicted octanol–water partition coefficient (Wildman–Crippen LogP) is 1.67. The minimum Gasteiger partial charge on any atom is -0.486 e. The van der Waals surface area contributed by atoms with E-state index < -0.39 is 6.04 Å². The van der Waals surface area contributed by atoms with E-state index in [4.69, 9.17) is 26.8 Å². The Morgan fingerprint density at radius 1 is 1.47 bits per heavy atom. The van der Waals surface area contributed by atoms with E-state index in [1.165, 1.54) is 0 Å². The fourth-order valence-corrected chi connectivity index (χ4v) is 2.43. The Labute approximate surface area is 105 Å². The van der Waals surface area contributed by atoms with E-state index in [9.17, 15) is 5.11 Å². The molecule has 5 heteroatoms. The van der Waals surface area contributed by atoms with Crippen LogP contribution in [0, 0.1) is 0 Å². The first-order chi connectivity index (χ1) is 8.19. The van der Waals surface area contributed by atoms with Gasteiger partial charge in [0.05, 0.1) is 12.6 Å². The standard InChI is InChI=1S/C12H16ClNO3/c1-2-7-11(9(14)6-15)8(13)5-10-12(7)17-4-3-16-10/h5,9,15H,2-4,6,14H2,1H3. The van der Waals surface area contributed by atoms with Crippen molar-refractivity contribution in [3.05, 3.63) is 22.2 Å². The summed E-state index contributed by atoms with van der Waals surface area (Å²) < 4.78 is 11.1. The molecule has 0 saturated carbocycles. The molecule has 4 nitrogen and oxygen atoms in total. The molecule has 0 spiro atoms. The average Bonchev–Trinajstić information content (AvgIpc) is 2.36. The molecular weight excluding hydrogens is 242 g/mol. The molecule has 1 atom stereocenters. The molecule has 0 amide bonds. The summed E-state index contributed by atoms with van der Waals surface area (Å²) in [5.41, 5.74) is 7.55. The minimum absolute atomic E-state index is 0.146. The number of ether oxygens (including phenoxy) is 2. The summed E-state index contributed by atoms with van der Waals surface area (Å²) in [7, 11) is 0. The maximum atomic E-state index is 9.18. The van der Waals surface area contributed by atoms with Crippen molar-refractivity contribution < 1.29 is 14.6 Å². The molecule has 17 heavy (non-hydrogen) atoms. The topological polar surface area (TPSA) is 64.7 Å². The molecule has 0 radical (unpaired) electrons. The zero-order chi connectivity index (χ0) is 12.4. The van der Waals surface area contributed by atoms with Gasteiger partial charge in [-0.2, -0.15) is 0 Å². The fraction of sp³-hybridized carbons (Fsp3) is 0.500. The van der Waals surface area contributed by atoms with Crippen molar-refractivity contribution in [2.24, 2.45) is 5.73 Å². The lowest BCUT2D eigenvalue weighted by Gasteiger charge is -2.25. The van der Waals surface area contributed by atoms with Crippen molar-refractivity contribution in [1.82, 2.24) is 0 Å². The summed E-state index contributed by atoms with van der Waals surface area (Å²) in [5, 5.41) is 9.70. The minimum atomic E-state index is -0.492. The van der Waals surface area contributed by atoms with E-state index in [1.807, 2.05) is 6.92 Å². The number of aliphatic hydroxyl groups excluding tert-OH is 1. The van der Waals surface area contributed by atoms with Crippen LogP contribution in [0.5, 0.6) is 11.5 Å². The summed E-state index contributed by atoms with van der Waals surface area (Å²) in [6.07, 6.45) is 0.731. The van der Waals surface area contributed by atoms with Crippen molar-refractivity contribution in [1.29, 1.82) is 0 Å². The van der Waals surface area contributed by atoms with Gasteiger partial charge in [0.25, 0.3) is 0 Å². The fourth-order valence-electron chi connectivity index (χ4n) is 2.08. The summed E-state index contributed by atoms with van der Waals surface area (Å²) in [6.45, 7) is 2.90. The first kappa shape index (κ1) is 12.5. The number of hydrogen-bond donors (Lipinski definition) is 2. The second-order valence-corrected chi connectivity index (χ2v) is 4.32. The molecule has 0 aromatic heterocycles. The second-order valence-electron chi connectivity index (χ2n) is 3.92. The van der Waals surface area contributed by atoms with Crippen LogP contribution in [0.25, 0.3) is 0 Å². The number of hydrogen-bond acceptors (Lipinski definition) is 4. The molecule has 0 bridgehead atoms. The van der Waals surface area contributed by atoms with Gasteiger partial charge in [-0.1, -0.05) is 18.5 Å². The Morgan fingerprint density at radius 2 is 2.18 bits per heavy atom. The van der Waals surface area contributed by atoms with Crippen molar-refractivity contribution >= 4 is 11.6 Å². The Kier molecular flexibility index (Phi) is 3.76. The third kappa shape index (κ3) is 2.20. The summed E-state index contributed by atoms with van der Waals surface area (Å²) >= 11 is 6.19. The Balaban J connectivity index is 2.58. The third-order valence-electron chi connectivity index (χ3n) is 2.85. The van der Waals surface area contributed by atoms with Crippen LogP contribution in [0.3, 0.4) is 0 Å². The van der Waals surface area contributed by atoms with Gasteiger partial charge in [0, 0.05) is 16.7 Å². The van der Waals surface area contributed by atoms with Gasteiger partial charge in [-0.15, -0.1) is 0 Å². The Bertz CT molecular complexity index is 423. The lowest BCUT2D eigenvalue weighted by molar-refractivity contribution is 0.169. The normalized spacial score (nSPS) is 15.8. The third-order valence-corrected chi connectivity index (χ3v) is 3.16. The van der Waals surface area contributed by atoms with E-state index in [0.717, 1.165) is 17.5 Å². The average molecular weight is 258 g/mol. The van der Waals surface area contributed by atoms with Crippen LogP contribution < -0.4 is 15.2 Å². The van der Waals surface area contributed by atoms with Crippen molar-refractivity contribution in [2.75, 3.05) is 19.8 Å². The molecule has 1 aliphatic rings. The number of nitrogens with two attached hydrogens (primary N) is 1.